The lowest BCUT2D eigenvalue weighted by molar-refractivity contribution is 0.497. The molecule has 0 unspecified atom stereocenters. The van der Waals surface area contributed by atoms with Gasteiger partial charge in [0.1, 0.15) is 0 Å². The average molecular weight is 215 g/mol. The molecule has 1 aromatic rings. The molecule has 13 heavy (non-hydrogen) atoms. The first-order chi connectivity index (χ1) is 6.08. The van der Waals surface area contributed by atoms with E-state index in [1.54, 1.807) is 0 Å². The van der Waals surface area contributed by atoms with Gasteiger partial charge in [0.05, 0.1) is 0 Å². The van der Waals surface area contributed by atoms with E-state index < -0.39 is 0 Å². The Morgan fingerprint density at radius 1 is 1.54 bits per heavy atom. The van der Waals surface area contributed by atoms with Gasteiger partial charge in [-0.3, -0.25) is 0 Å². The molecular weight excluding hydrogens is 198 g/mol. The lowest BCUT2D eigenvalue weighted by Crippen LogP contribution is -2.32. The maximum Gasteiger partial charge on any atom is 0.0387 e. The quantitative estimate of drug-likeness (QED) is 0.581. The van der Waals surface area contributed by atoms with Crippen molar-refractivity contribution in [2.75, 3.05) is 12.4 Å². The van der Waals surface area contributed by atoms with Crippen LogP contribution < -0.4 is 5.32 Å². The third-order valence-electron chi connectivity index (χ3n) is 2.16. The predicted molar refractivity (Wildman–Crippen MR) is 63.9 cm³/mol. The molecule has 0 aliphatic heterocycles. The van der Waals surface area contributed by atoms with Crippen LogP contribution in [0, 0.1) is 6.92 Å². The van der Waals surface area contributed by atoms with E-state index in [0.29, 0.717) is 0 Å². The van der Waals surface area contributed by atoms with Gasteiger partial charge in [-0.1, -0.05) is 13.8 Å². The summed E-state index contributed by atoms with van der Waals surface area (Å²) in [6.45, 7) is 7.69. The van der Waals surface area contributed by atoms with Crippen LogP contribution in [0.1, 0.15) is 24.3 Å². The van der Waals surface area contributed by atoms with Crippen molar-refractivity contribution in [2.24, 2.45) is 0 Å². The molecular formula is C10H17NS2. The summed E-state index contributed by atoms with van der Waals surface area (Å²) in [6, 6.07) is 2.18. The van der Waals surface area contributed by atoms with E-state index in [-0.39, 0.29) is 5.41 Å². The Hall–Kier alpha value is 0.01000. The van der Waals surface area contributed by atoms with Crippen molar-refractivity contribution < 1.29 is 0 Å². The number of rotatable bonds is 4. The molecule has 0 radical (unpaired) electrons. The van der Waals surface area contributed by atoms with E-state index in [1.807, 2.05) is 11.3 Å². The minimum atomic E-state index is 0.223. The summed E-state index contributed by atoms with van der Waals surface area (Å²) in [5.74, 6) is 0.744. The minimum absolute atomic E-state index is 0.223. The summed E-state index contributed by atoms with van der Waals surface area (Å²) in [5, 5.41) is 5.43. The van der Waals surface area contributed by atoms with Gasteiger partial charge in [0, 0.05) is 22.7 Å². The van der Waals surface area contributed by atoms with E-state index in [9.17, 15) is 0 Å². The van der Waals surface area contributed by atoms with Gasteiger partial charge >= 0.3 is 0 Å². The highest BCUT2D eigenvalue weighted by atomic mass is 32.1. The second kappa shape index (κ2) is 4.49. The van der Waals surface area contributed by atoms with Crippen LogP contribution >= 0.6 is 24.0 Å². The highest BCUT2D eigenvalue weighted by Crippen LogP contribution is 2.30. The lowest BCUT2D eigenvalue weighted by atomic mass is 9.89. The Bertz CT molecular complexity index is 266. The van der Waals surface area contributed by atoms with Crippen molar-refractivity contribution >= 4 is 24.0 Å². The number of aryl methyl sites for hydroxylation is 1. The molecule has 0 saturated heterocycles. The van der Waals surface area contributed by atoms with E-state index in [2.05, 4.69) is 50.2 Å². The van der Waals surface area contributed by atoms with Crippen LogP contribution in [0.15, 0.2) is 11.4 Å². The van der Waals surface area contributed by atoms with Crippen molar-refractivity contribution in [1.29, 1.82) is 0 Å². The van der Waals surface area contributed by atoms with Crippen LogP contribution in [0.2, 0.25) is 0 Å². The third-order valence-corrected chi connectivity index (χ3v) is 3.76. The van der Waals surface area contributed by atoms with Gasteiger partial charge in [0.15, 0.2) is 0 Å². The fourth-order valence-electron chi connectivity index (χ4n) is 1.51. The first kappa shape index (κ1) is 11.1. The van der Waals surface area contributed by atoms with Crippen LogP contribution in [-0.2, 0) is 5.41 Å². The highest BCUT2D eigenvalue weighted by Gasteiger charge is 2.22. The molecule has 1 rings (SSSR count). The number of thiol groups is 1. The van der Waals surface area contributed by atoms with Crippen molar-refractivity contribution in [3.63, 3.8) is 0 Å². The standard InChI is InChI=1S/C10H17NS2/c1-8-4-5-13-9(8)10(2,3)6-11-7-12/h4-5,11-12H,6-7H2,1-3H3. The molecule has 74 valence electrons. The molecule has 3 heteroatoms. The summed E-state index contributed by atoms with van der Waals surface area (Å²) >= 11 is 5.99. The normalized spacial score (nSPS) is 12.0. The summed E-state index contributed by atoms with van der Waals surface area (Å²) in [7, 11) is 0. The molecule has 0 aliphatic rings. The number of thiophene rings is 1. The maximum atomic E-state index is 4.15. The SMILES string of the molecule is Cc1ccsc1C(C)(C)CNCS. The van der Waals surface area contributed by atoms with E-state index in [4.69, 9.17) is 0 Å². The van der Waals surface area contributed by atoms with Crippen LogP contribution in [0.3, 0.4) is 0 Å². The number of hydrogen-bond donors (Lipinski definition) is 2. The highest BCUT2D eigenvalue weighted by molar-refractivity contribution is 7.80. The molecule has 0 saturated carbocycles. The molecule has 0 bridgehead atoms. The number of nitrogens with one attached hydrogen (secondary N) is 1. The fraction of sp³-hybridized carbons (Fsp3) is 0.600. The zero-order chi connectivity index (χ0) is 9.90. The van der Waals surface area contributed by atoms with Crippen LogP contribution in [-0.4, -0.2) is 12.4 Å². The lowest BCUT2D eigenvalue weighted by Gasteiger charge is -2.24. The predicted octanol–water partition coefficient (Wildman–Crippen LogP) is 2.81. The zero-order valence-corrected chi connectivity index (χ0v) is 10.1. The largest absolute Gasteiger partial charge is 0.307 e. The maximum absolute atomic E-state index is 4.15. The Morgan fingerprint density at radius 2 is 2.23 bits per heavy atom. The molecule has 0 fully saturated rings. The molecule has 0 amide bonds. The smallest absolute Gasteiger partial charge is 0.0387 e. The molecule has 0 aliphatic carbocycles. The molecule has 1 aromatic heterocycles. The Morgan fingerprint density at radius 3 is 2.69 bits per heavy atom. The van der Waals surface area contributed by atoms with Crippen LogP contribution in [0.5, 0.6) is 0 Å². The van der Waals surface area contributed by atoms with Crippen LogP contribution in [0.25, 0.3) is 0 Å². The first-order valence-corrected chi connectivity index (χ1v) is 5.95. The second-order valence-corrected chi connectivity index (χ2v) is 5.13. The van der Waals surface area contributed by atoms with Gasteiger partial charge in [-0.15, -0.1) is 11.3 Å². The summed E-state index contributed by atoms with van der Waals surface area (Å²) in [6.07, 6.45) is 0. The molecule has 0 atom stereocenters. The van der Waals surface area contributed by atoms with E-state index >= 15 is 0 Å². The average Bonchev–Trinajstić information content (AvgIpc) is 2.48. The summed E-state index contributed by atoms with van der Waals surface area (Å²) < 4.78 is 0. The summed E-state index contributed by atoms with van der Waals surface area (Å²) in [5.41, 5.74) is 1.62. The molecule has 1 N–H and O–H groups in total. The van der Waals surface area contributed by atoms with Gasteiger partial charge in [-0.2, -0.15) is 12.6 Å². The van der Waals surface area contributed by atoms with Gasteiger partial charge in [-0.05, 0) is 23.9 Å². The van der Waals surface area contributed by atoms with Gasteiger partial charge in [-0.25, -0.2) is 0 Å². The molecule has 1 heterocycles. The van der Waals surface area contributed by atoms with Crippen LogP contribution in [0.4, 0.5) is 0 Å². The van der Waals surface area contributed by atoms with E-state index in [1.165, 1.54) is 10.4 Å². The topological polar surface area (TPSA) is 12.0 Å². The Balaban J connectivity index is 2.74. The zero-order valence-electron chi connectivity index (χ0n) is 8.42. The van der Waals surface area contributed by atoms with Gasteiger partial charge < -0.3 is 5.32 Å². The summed E-state index contributed by atoms with van der Waals surface area (Å²) in [4.78, 5) is 1.47. The Kier molecular flexibility index (Phi) is 3.83. The first-order valence-electron chi connectivity index (χ1n) is 4.44. The van der Waals surface area contributed by atoms with E-state index in [0.717, 1.165) is 12.4 Å². The minimum Gasteiger partial charge on any atom is -0.307 e. The number of hydrogen-bond acceptors (Lipinski definition) is 3. The second-order valence-electron chi connectivity index (χ2n) is 3.90. The molecule has 0 aromatic carbocycles. The monoisotopic (exact) mass is 215 g/mol. The van der Waals surface area contributed by atoms with Gasteiger partial charge in [0.25, 0.3) is 0 Å². The van der Waals surface area contributed by atoms with Crippen molar-refractivity contribution in [2.45, 2.75) is 26.2 Å². The molecule has 0 spiro atoms. The third kappa shape index (κ3) is 2.73. The van der Waals surface area contributed by atoms with Gasteiger partial charge in [0.2, 0.25) is 0 Å². The van der Waals surface area contributed by atoms with Crippen molar-refractivity contribution in [3.05, 3.63) is 21.9 Å². The Labute approximate surface area is 90.0 Å². The van der Waals surface area contributed by atoms with Crippen molar-refractivity contribution in [3.8, 4) is 0 Å². The molecule has 1 nitrogen and oxygen atoms in total. The van der Waals surface area contributed by atoms with Crippen molar-refractivity contribution in [1.82, 2.24) is 5.32 Å². The fourth-order valence-corrected chi connectivity index (χ4v) is 2.68.